The summed E-state index contributed by atoms with van der Waals surface area (Å²) in [7, 11) is -3.54. The predicted molar refractivity (Wildman–Crippen MR) is 118 cm³/mol. The molecule has 0 radical (unpaired) electrons. The van der Waals surface area contributed by atoms with Gasteiger partial charge in [-0.1, -0.05) is 0 Å². The van der Waals surface area contributed by atoms with Crippen molar-refractivity contribution in [3.05, 3.63) is 60.9 Å². The van der Waals surface area contributed by atoms with E-state index in [1.54, 1.807) is 36.7 Å². The summed E-state index contributed by atoms with van der Waals surface area (Å²) in [4.78, 5) is 6.36. The van der Waals surface area contributed by atoms with Gasteiger partial charge in [0.05, 0.1) is 23.4 Å². The van der Waals surface area contributed by atoms with Crippen molar-refractivity contribution in [2.45, 2.75) is 11.8 Å². The zero-order chi connectivity index (χ0) is 21.7. The van der Waals surface area contributed by atoms with Crippen molar-refractivity contribution in [1.29, 1.82) is 0 Å². The van der Waals surface area contributed by atoms with Crippen molar-refractivity contribution in [2.75, 3.05) is 43.0 Å². The fourth-order valence-electron chi connectivity index (χ4n) is 3.33. The molecule has 1 aliphatic rings. The van der Waals surface area contributed by atoms with Crippen molar-refractivity contribution in [3.8, 4) is 5.75 Å². The number of nitrogens with one attached hydrogen (secondary N) is 1. The van der Waals surface area contributed by atoms with E-state index in [0.29, 0.717) is 44.4 Å². The minimum atomic E-state index is -3.54. The van der Waals surface area contributed by atoms with Gasteiger partial charge in [-0.15, -0.1) is 10.2 Å². The third-order valence-corrected chi connectivity index (χ3v) is 6.83. The summed E-state index contributed by atoms with van der Waals surface area (Å²) in [6.07, 6.45) is 3.41. The fourth-order valence-corrected chi connectivity index (χ4v) is 4.75. The number of hydrogen-bond acceptors (Lipinski definition) is 8. The molecule has 0 spiro atoms. The normalized spacial score (nSPS) is 14.9. The van der Waals surface area contributed by atoms with E-state index < -0.39 is 10.0 Å². The molecule has 162 valence electrons. The van der Waals surface area contributed by atoms with E-state index in [4.69, 9.17) is 4.74 Å². The third-order valence-electron chi connectivity index (χ3n) is 4.92. The van der Waals surface area contributed by atoms with Crippen LogP contribution in [0.1, 0.15) is 6.92 Å². The Balaban J connectivity index is 1.36. The van der Waals surface area contributed by atoms with Crippen molar-refractivity contribution >= 4 is 27.3 Å². The zero-order valence-corrected chi connectivity index (χ0v) is 18.0. The number of sulfonamides is 1. The van der Waals surface area contributed by atoms with Crippen LogP contribution in [0.4, 0.5) is 17.3 Å². The van der Waals surface area contributed by atoms with Crippen LogP contribution in [0.25, 0.3) is 0 Å². The molecule has 1 fully saturated rings. The van der Waals surface area contributed by atoms with Crippen LogP contribution in [0.15, 0.2) is 65.8 Å². The van der Waals surface area contributed by atoms with Crippen LogP contribution in [0.3, 0.4) is 0 Å². The molecule has 0 aliphatic carbocycles. The SMILES string of the molecule is CCOc1ccc(S(=O)(=O)N2CCN(c3ccc(Nc4cccnc4)nn3)CC2)cc1. The van der Waals surface area contributed by atoms with Gasteiger partial charge in [-0.25, -0.2) is 8.42 Å². The molecule has 0 unspecified atom stereocenters. The highest BCUT2D eigenvalue weighted by atomic mass is 32.2. The minimum Gasteiger partial charge on any atom is -0.494 e. The standard InChI is InChI=1S/C21H24N6O3S/c1-2-30-18-5-7-19(8-6-18)31(28,29)27-14-12-26(13-15-27)21-10-9-20(24-25-21)23-17-4-3-11-22-16-17/h3-11,16H,2,12-15H2,1H3,(H,23,24). The van der Waals surface area contributed by atoms with Crippen molar-refractivity contribution < 1.29 is 13.2 Å². The molecule has 0 atom stereocenters. The molecule has 0 bridgehead atoms. The molecule has 1 saturated heterocycles. The quantitative estimate of drug-likeness (QED) is 0.598. The fraction of sp³-hybridized carbons (Fsp3) is 0.286. The van der Waals surface area contributed by atoms with Crippen LogP contribution in [0.2, 0.25) is 0 Å². The molecule has 0 saturated carbocycles. The highest BCUT2D eigenvalue weighted by Gasteiger charge is 2.29. The molecule has 4 rings (SSSR count). The van der Waals surface area contributed by atoms with Crippen LogP contribution in [-0.2, 0) is 10.0 Å². The molecule has 1 aliphatic heterocycles. The number of rotatable bonds is 7. The van der Waals surface area contributed by atoms with Gasteiger partial charge in [0, 0.05) is 32.4 Å². The lowest BCUT2D eigenvalue weighted by Gasteiger charge is -2.34. The van der Waals surface area contributed by atoms with Gasteiger partial charge < -0.3 is 15.0 Å². The highest BCUT2D eigenvalue weighted by molar-refractivity contribution is 7.89. The van der Waals surface area contributed by atoms with Gasteiger partial charge in [-0.3, -0.25) is 4.98 Å². The molecular formula is C21H24N6O3S. The zero-order valence-electron chi connectivity index (χ0n) is 17.2. The smallest absolute Gasteiger partial charge is 0.243 e. The maximum absolute atomic E-state index is 12.9. The molecule has 3 heterocycles. The van der Waals surface area contributed by atoms with Gasteiger partial charge in [-0.05, 0) is 55.5 Å². The Morgan fingerprint density at radius 3 is 2.39 bits per heavy atom. The molecular weight excluding hydrogens is 416 g/mol. The lowest BCUT2D eigenvalue weighted by Crippen LogP contribution is -2.48. The summed E-state index contributed by atoms with van der Waals surface area (Å²) in [5.41, 5.74) is 0.831. The largest absolute Gasteiger partial charge is 0.494 e. The molecule has 2 aromatic heterocycles. The maximum Gasteiger partial charge on any atom is 0.243 e. The van der Waals surface area contributed by atoms with E-state index in [1.165, 1.54) is 4.31 Å². The molecule has 1 aromatic carbocycles. The first-order valence-corrected chi connectivity index (χ1v) is 11.5. The average molecular weight is 441 g/mol. The topological polar surface area (TPSA) is 101 Å². The Morgan fingerprint density at radius 2 is 1.77 bits per heavy atom. The Hall–Kier alpha value is -3.24. The van der Waals surface area contributed by atoms with Crippen LogP contribution in [0, 0.1) is 0 Å². The molecule has 31 heavy (non-hydrogen) atoms. The molecule has 0 amide bonds. The number of hydrogen-bond donors (Lipinski definition) is 1. The average Bonchev–Trinajstić information content (AvgIpc) is 2.81. The highest BCUT2D eigenvalue weighted by Crippen LogP contribution is 2.22. The summed E-state index contributed by atoms with van der Waals surface area (Å²) in [6, 6.07) is 14.0. The van der Waals surface area contributed by atoms with Crippen molar-refractivity contribution in [3.63, 3.8) is 0 Å². The number of aromatic nitrogens is 3. The summed E-state index contributed by atoms with van der Waals surface area (Å²) in [6.45, 7) is 4.28. The predicted octanol–water partition coefficient (Wildman–Crippen LogP) is 2.52. The van der Waals surface area contributed by atoms with Gasteiger partial charge in [0.1, 0.15) is 5.75 Å². The van der Waals surface area contributed by atoms with Crippen LogP contribution < -0.4 is 15.0 Å². The number of nitrogens with zero attached hydrogens (tertiary/aromatic N) is 5. The number of anilines is 3. The van der Waals surface area contributed by atoms with E-state index >= 15 is 0 Å². The van der Waals surface area contributed by atoms with E-state index in [0.717, 1.165) is 11.5 Å². The second-order valence-corrected chi connectivity index (χ2v) is 8.88. The third kappa shape index (κ3) is 4.92. The Labute approximate surface area is 181 Å². The number of benzene rings is 1. The van der Waals surface area contributed by atoms with Crippen LogP contribution in [0.5, 0.6) is 5.75 Å². The lowest BCUT2D eigenvalue weighted by molar-refractivity contribution is 0.340. The first kappa shape index (κ1) is 21.0. The summed E-state index contributed by atoms with van der Waals surface area (Å²) >= 11 is 0. The van der Waals surface area contributed by atoms with E-state index in [-0.39, 0.29) is 4.90 Å². The summed E-state index contributed by atoms with van der Waals surface area (Å²) in [5.74, 6) is 2.00. The molecule has 10 heteroatoms. The Kier molecular flexibility index (Phi) is 6.28. The lowest BCUT2D eigenvalue weighted by atomic mass is 10.3. The van der Waals surface area contributed by atoms with Gasteiger partial charge in [0.25, 0.3) is 0 Å². The molecule has 9 nitrogen and oxygen atoms in total. The number of piperazine rings is 1. The number of pyridine rings is 1. The summed E-state index contributed by atoms with van der Waals surface area (Å²) < 4.78 is 32.8. The van der Waals surface area contributed by atoms with Gasteiger partial charge >= 0.3 is 0 Å². The molecule has 1 N–H and O–H groups in total. The Morgan fingerprint density at radius 1 is 1.00 bits per heavy atom. The van der Waals surface area contributed by atoms with Crippen molar-refractivity contribution in [2.24, 2.45) is 0 Å². The second kappa shape index (κ2) is 9.27. The Bertz CT molecular complexity index is 1080. The van der Waals surface area contributed by atoms with E-state index in [9.17, 15) is 8.42 Å². The summed E-state index contributed by atoms with van der Waals surface area (Å²) in [5, 5.41) is 11.6. The maximum atomic E-state index is 12.9. The van der Waals surface area contributed by atoms with Gasteiger partial charge in [0.2, 0.25) is 10.0 Å². The first-order chi connectivity index (χ1) is 15.1. The van der Waals surface area contributed by atoms with Crippen LogP contribution >= 0.6 is 0 Å². The number of ether oxygens (including phenoxy) is 1. The van der Waals surface area contributed by atoms with Gasteiger partial charge in [0.15, 0.2) is 11.6 Å². The van der Waals surface area contributed by atoms with E-state index in [1.807, 2.05) is 36.1 Å². The first-order valence-electron chi connectivity index (χ1n) is 10.0. The van der Waals surface area contributed by atoms with Crippen LogP contribution in [-0.4, -0.2) is 60.7 Å². The minimum absolute atomic E-state index is 0.273. The monoisotopic (exact) mass is 440 g/mol. The molecule has 3 aromatic rings. The van der Waals surface area contributed by atoms with E-state index in [2.05, 4.69) is 20.5 Å². The van der Waals surface area contributed by atoms with Crippen molar-refractivity contribution in [1.82, 2.24) is 19.5 Å². The second-order valence-electron chi connectivity index (χ2n) is 6.94. The van der Waals surface area contributed by atoms with Gasteiger partial charge in [-0.2, -0.15) is 4.31 Å².